The van der Waals surface area contributed by atoms with Crippen molar-refractivity contribution in [1.82, 2.24) is 10.2 Å². The Morgan fingerprint density at radius 3 is 2.62 bits per heavy atom. The fourth-order valence-electron chi connectivity index (χ4n) is 2.18. The second kappa shape index (κ2) is 6.91. The summed E-state index contributed by atoms with van der Waals surface area (Å²) in [5.41, 5.74) is 0.946. The first-order chi connectivity index (χ1) is 9.97. The van der Waals surface area contributed by atoms with E-state index in [0.29, 0.717) is 24.7 Å². The van der Waals surface area contributed by atoms with Gasteiger partial charge in [-0.25, -0.2) is 0 Å². The summed E-state index contributed by atoms with van der Waals surface area (Å²) in [6, 6.07) is 7.25. The minimum absolute atomic E-state index is 0.0606. The van der Waals surface area contributed by atoms with Crippen molar-refractivity contribution in [1.29, 1.82) is 0 Å². The Bertz CT molecular complexity index is 516. The van der Waals surface area contributed by atoms with Crippen LogP contribution in [0, 0.1) is 0 Å². The normalized spacial score (nSPS) is 18.7. The molecule has 1 atom stereocenters. The van der Waals surface area contributed by atoms with Crippen molar-refractivity contribution in [3.05, 3.63) is 34.9 Å². The number of carbonyl (C=O) groups is 2. The van der Waals surface area contributed by atoms with Gasteiger partial charge in [-0.1, -0.05) is 23.7 Å². The van der Waals surface area contributed by atoms with Gasteiger partial charge in [0, 0.05) is 17.6 Å². The maximum Gasteiger partial charge on any atom is 0.312 e. The number of nitrogens with one attached hydrogen (secondary N) is 1. The topological polar surface area (TPSA) is 58.6 Å². The van der Waals surface area contributed by atoms with Crippen LogP contribution in [0.25, 0.3) is 0 Å². The van der Waals surface area contributed by atoms with Gasteiger partial charge in [-0.3, -0.25) is 9.59 Å². The van der Waals surface area contributed by atoms with Crippen molar-refractivity contribution in [3.8, 4) is 0 Å². The van der Waals surface area contributed by atoms with Crippen molar-refractivity contribution in [2.45, 2.75) is 26.0 Å². The summed E-state index contributed by atoms with van der Waals surface area (Å²) in [6.45, 7) is 4.84. The van der Waals surface area contributed by atoms with Crippen LogP contribution in [0.5, 0.6) is 0 Å². The Morgan fingerprint density at radius 2 is 2.00 bits per heavy atom. The van der Waals surface area contributed by atoms with Gasteiger partial charge < -0.3 is 15.0 Å². The van der Waals surface area contributed by atoms with Gasteiger partial charge in [0.05, 0.1) is 13.2 Å². The van der Waals surface area contributed by atoms with E-state index >= 15 is 0 Å². The van der Waals surface area contributed by atoms with E-state index in [1.54, 1.807) is 12.1 Å². The number of ether oxygens (including phenoxy) is 1. The number of morpholine rings is 1. The molecule has 0 radical (unpaired) electrons. The van der Waals surface area contributed by atoms with Crippen molar-refractivity contribution >= 4 is 23.4 Å². The molecule has 2 rings (SSSR count). The SMILES string of the molecule is CC(C)NC(=O)C(=O)N1CCOC(c2ccc(Cl)cc2)C1. The van der Waals surface area contributed by atoms with Crippen molar-refractivity contribution in [3.63, 3.8) is 0 Å². The lowest BCUT2D eigenvalue weighted by Crippen LogP contribution is -2.49. The van der Waals surface area contributed by atoms with Crippen LogP contribution in [0.4, 0.5) is 0 Å². The van der Waals surface area contributed by atoms with E-state index in [1.165, 1.54) is 4.90 Å². The summed E-state index contributed by atoms with van der Waals surface area (Å²) in [4.78, 5) is 25.4. The molecule has 0 aliphatic carbocycles. The summed E-state index contributed by atoms with van der Waals surface area (Å²) < 4.78 is 5.68. The highest BCUT2D eigenvalue weighted by atomic mass is 35.5. The Kier molecular flexibility index (Phi) is 5.20. The molecular weight excluding hydrogens is 292 g/mol. The number of amides is 2. The molecule has 114 valence electrons. The number of rotatable bonds is 2. The zero-order valence-corrected chi connectivity index (χ0v) is 12.9. The molecule has 1 saturated heterocycles. The summed E-state index contributed by atoms with van der Waals surface area (Å²) in [5, 5.41) is 3.27. The number of carbonyl (C=O) groups excluding carboxylic acids is 2. The first kappa shape index (κ1) is 15.8. The molecule has 1 heterocycles. The highest BCUT2D eigenvalue weighted by molar-refractivity contribution is 6.35. The van der Waals surface area contributed by atoms with Gasteiger partial charge in [-0.05, 0) is 31.5 Å². The Labute approximate surface area is 129 Å². The van der Waals surface area contributed by atoms with Crippen LogP contribution in [0.2, 0.25) is 5.02 Å². The van der Waals surface area contributed by atoms with Gasteiger partial charge in [0.1, 0.15) is 6.10 Å². The van der Waals surface area contributed by atoms with Crippen LogP contribution in [-0.4, -0.2) is 42.5 Å². The smallest absolute Gasteiger partial charge is 0.312 e. The summed E-state index contributed by atoms with van der Waals surface area (Å²) >= 11 is 5.86. The maximum absolute atomic E-state index is 12.1. The first-order valence-corrected chi connectivity index (χ1v) is 7.32. The lowest BCUT2D eigenvalue weighted by molar-refractivity contribution is -0.151. The van der Waals surface area contributed by atoms with E-state index in [9.17, 15) is 9.59 Å². The van der Waals surface area contributed by atoms with E-state index in [-0.39, 0.29) is 12.1 Å². The van der Waals surface area contributed by atoms with E-state index in [4.69, 9.17) is 16.3 Å². The highest BCUT2D eigenvalue weighted by Gasteiger charge is 2.29. The minimum atomic E-state index is -0.568. The molecule has 0 bridgehead atoms. The summed E-state index contributed by atoms with van der Waals surface area (Å²) in [6.07, 6.45) is -0.230. The molecule has 0 spiro atoms. The third kappa shape index (κ3) is 4.19. The standard InChI is InChI=1S/C15H19ClN2O3/c1-10(2)17-14(19)15(20)18-7-8-21-13(9-18)11-3-5-12(16)6-4-11/h3-6,10,13H,7-9H2,1-2H3,(H,17,19). The number of hydrogen-bond donors (Lipinski definition) is 1. The lowest BCUT2D eigenvalue weighted by atomic mass is 10.1. The molecule has 1 unspecified atom stereocenters. The third-order valence-electron chi connectivity index (χ3n) is 3.21. The molecule has 0 aromatic heterocycles. The number of halogens is 1. The molecule has 0 saturated carbocycles. The van der Waals surface area contributed by atoms with Gasteiger partial charge in [0.15, 0.2) is 0 Å². The molecule has 5 nitrogen and oxygen atoms in total. The Hall–Kier alpha value is -1.59. The van der Waals surface area contributed by atoms with Gasteiger partial charge in [-0.2, -0.15) is 0 Å². The third-order valence-corrected chi connectivity index (χ3v) is 3.46. The van der Waals surface area contributed by atoms with Crippen LogP contribution in [-0.2, 0) is 14.3 Å². The molecule has 2 amide bonds. The van der Waals surface area contributed by atoms with Crippen molar-refractivity contribution in [2.24, 2.45) is 0 Å². The average Bonchev–Trinajstić information content (AvgIpc) is 2.46. The molecule has 1 aromatic carbocycles. The Morgan fingerprint density at radius 1 is 1.33 bits per heavy atom. The molecule has 1 fully saturated rings. The van der Waals surface area contributed by atoms with E-state index in [0.717, 1.165) is 5.56 Å². The summed E-state index contributed by atoms with van der Waals surface area (Å²) in [7, 11) is 0. The van der Waals surface area contributed by atoms with Crippen molar-refractivity contribution < 1.29 is 14.3 Å². The predicted octanol–water partition coefficient (Wildman–Crippen LogP) is 1.76. The number of hydrogen-bond acceptors (Lipinski definition) is 3. The number of benzene rings is 1. The predicted molar refractivity (Wildman–Crippen MR) is 80.0 cm³/mol. The summed E-state index contributed by atoms with van der Waals surface area (Å²) in [5.74, 6) is -1.08. The second-order valence-corrected chi connectivity index (χ2v) is 5.73. The molecule has 1 N–H and O–H groups in total. The monoisotopic (exact) mass is 310 g/mol. The first-order valence-electron chi connectivity index (χ1n) is 6.94. The van der Waals surface area contributed by atoms with Crippen LogP contribution < -0.4 is 5.32 Å². The van der Waals surface area contributed by atoms with Gasteiger partial charge in [0.2, 0.25) is 0 Å². The molecule has 6 heteroatoms. The van der Waals surface area contributed by atoms with Gasteiger partial charge in [-0.15, -0.1) is 0 Å². The molecule has 1 aromatic rings. The number of nitrogens with zero attached hydrogens (tertiary/aromatic N) is 1. The molecule has 21 heavy (non-hydrogen) atoms. The van der Waals surface area contributed by atoms with Crippen LogP contribution in [0.15, 0.2) is 24.3 Å². The zero-order valence-electron chi connectivity index (χ0n) is 12.1. The minimum Gasteiger partial charge on any atom is -0.370 e. The van der Waals surface area contributed by atoms with Gasteiger partial charge in [0.25, 0.3) is 0 Å². The van der Waals surface area contributed by atoms with E-state index in [1.807, 2.05) is 26.0 Å². The van der Waals surface area contributed by atoms with Crippen LogP contribution in [0.1, 0.15) is 25.5 Å². The Balaban J connectivity index is 2.02. The van der Waals surface area contributed by atoms with Crippen molar-refractivity contribution in [2.75, 3.05) is 19.7 Å². The van der Waals surface area contributed by atoms with E-state index < -0.39 is 11.8 Å². The molecular formula is C15H19ClN2O3. The lowest BCUT2D eigenvalue weighted by Gasteiger charge is -2.32. The zero-order chi connectivity index (χ0) is 15.4. The quantitative estimate of drug-likeness (QED) is 0.847. The maximum atomic E-state index is 12.1. The average molecular weight is 311 g/mol. The molecule has 1 aliphatic heterocycles. The largest absolute Gasteiger partial charge is 0.370 e. The fraction of sp³-hybridized carbons (Fsp3) is 0.467. The fourth-order valence-corrected chi connectivity index (χ4v) is 2.31. The highest BCUT2D eigenvalue weighted by Crippen LogP contribution is 2.23. The molecule has 1 aliphatic rings. The van der Waals surface area contributed by atoms with Crippen LogP contribution >= 0.6 is 11.6 Å². The second-order valence-electron chi connectivity index (χ2n) is 5.29. The van der Waals surface area contributed by atoms with Crippen LogP contribution in [0.3, 0.4) is 0 Å². The van der Waals surface area contributed by atoms with Gasteiger partial charge >= 0.3 is 11.8 Å². The van der Waals surface area contributed by atoms with E-state index in [2.05, 4.69) is 5.32 Å².